The lowest BCUT2D eigenvalue weighted by Gasteiger charge is -2.31. The van der Waals surface area contributed by atoms with Gasteiger partial charge in [-0.1, -0.05) is 12.8 Å². The predicted octanol–water partition coefficient (Wildman–Crippen LogP) is 2.61. The minimum Gasteiger partial charge on any atom is -0.481 e. The summed E-state index contributed by atoms with van der Waals surface area (Å²) in [6, 6.07) is 0.101. The minimum absolute atomic E-state index is 0.101. The maximum atomic E-state index is 12.5. The Morgan fingerprint density at radius 3 is 2.45 bits per heavy atom. The van der Waals surface area contributed by atoms with Gasteiger partial charge in [-0.15, -0.1) is 0 Å². The third-order valence-electron chi connectivity index (χ3n) is 3.83. The number of sulfonamides is 1. The molecule has 1 saturated heterocycles. The van der Waals surface area contributed by atoms with Gasteiger partial charge >= 0.3 is 5.97 Å². The molecule has 1 fully saturated rings. The molecule has 5 nitrogen and oxygen atoms in total. The van der Waals surface area contributed by atoms with Crippen molar-refractivity contribution in [2.75, 3.05) is 6.54 Å². The van der Waals surface area contributed by atoms with Gasteiger partial charge in [0.25, 0.3) is 0 Å². The molecule has 0 aliphatic carbocycles. The van der Waals surface area contributed by atoms with Gasteiger partial charge in [0.1, 0.15) is 0 Å². The van der Waals surface area contributed by atoms with Gasteiger partial charge in [0.2, 0.25) is 10.0 Å². The zero-order chi connectivity index (χ0) is 15.4. The zero-order valence-electron chi connectivity index (χ0n) is 12.8. The largest absolute Gasteiger partial charge is 0.481 e. The van der Waals surface area contributed by atoms with Crippen molar-refractivity contribution in [1.82, 2.24) is 4.31 Å². The summed E-state index contributed by atoms with van der Waals surface area (Å²) >= 11 is 0. The minimum atomic E-state index is -3.24. The Balaban J connectivity index is 2.48. The lowest BCUT2D eigenvalue weighted by Crippen LogP contribution is -2.45. The number of hydrogen-bond acceptors (Lipinski definition) is 3. The van der Waals surface area contributed by atoms with Crippen molar-refractivity contribution in [3.8, 4) is 0 Å². The number of carboxylic acid groups (broad SMARTS) is 1. The van der Waals surface area contributed by atoms with E-state index < -0.39 is 20.7 Å². The second kappa shape index (κ2) is 6.89. The van der Waals surface area contributed by atoms with Gasteiger partial charge in [-0.3, -0.25) is 4.79 Å². The van der Waals surface area contributed by atoms with Gasteiger partial charge in [0.15, 0.2) is 0 Å². The summed E-state index contributed by atoms with van der Waals surface area (Å²) in [5.41, 5.74) is 0. The standard InChI is InChI=1S/C14H27NO4S/c1-14(2,3)20(18,19)15-11-7-9-12(15)8-5-4-6-10-13(16)17/h12H,4-11H2,1-3H3,(H,16,17). The van der Waals surface area contributed by atoms with E-state index in [-0.39, 0.29) is 12.5 Å². The van der Waals surface area contributed by atoms with Crippen LogP contribution in [0.1, 0.15) is 65.7 Å². The highest BCUT2D eigenvalue weighted by Crippen LogP contribution is 2.31. The van der Waals surface area contributed by atoms with Crippen LogP contribution in [0.3, 0.4) is 0 Å². The number of rotatable bonds is 7. The average molecular weight is 305 g/mol. The van der Waals surface area contributed by atoms with E-state index in [4.69, 9.17) is 5.11 Å². The second-order valence-corrected chi connectivity index (χ2v) is 9.16. The highest BCUT2D eigenvalue weighted by molar-refractivity contribution is 7.90. The Bertz CT molecular complexity index is 425. The number of aliphatic carboxylic acids is 1. The molecule has 118 valence electrons. The predicted molar refractivity (Wildman–Crippen MR) is 79.1 cm³/mol. The molecule has 1 aliphatic heterocycles. The van der Waals surface area contributed by atoms with Gasteiger partial charge in [0.05, 0.1) is 4.75 Å². The van der Waals surface area contributed by atoms with E-state index in [2.05, 4.69) is 0 Å². The number of carbonyl (C=O) groups is 1. The first-order chi connectivity index (χ1) is 9.16. The van der Waals surface area contributed by atoms with Crippen LogP contribution in [-0.2, 0) is 14.8 Å². The van der Waals surface area contributed by atoms with Crippen molar-refractivity contribution in [1.29, 1.82) is 0 Å². The summed E-state index contributed by atoms with van der Waals surface area (Å²) in [5, 5.41) is 8.58. The maximum Gasteiger partial charge on any atom is 0.303 e. The summed E-state index contributed by atoms with van der Waals surface area (Å²) in [6.07, 6.45) is 5.32. The highest BCUT2D eigenvalue weighted by atomic mass is 32.2. The molecule has 0 amide bonds. The molecule has 0 spiro atoms. The fraction of sp³-hybridized carbons (Fsp3) is 0.929. The fourth-order valence-corrected chi connectivity index (χ4v) is 4.28. The first-order valence-electron chi connectivity index (χ1n) is 7.39. The Morgan fingerprint density at radius 1 is 1.25 bits per heavy atom. The molecule has 1 unspecified atom stereocenters. The van der Waals surface area contributed by atoms with E-state index in [9.17, 15) is 13.2 Å². The van der Waals surface area contributed by atoms with Crippen molar-refractivity contribution in [3.63, 3.8) is 0 Å². The Kier molecular flexibility index (Phi) is 6.01. The van der Waals surface area contributed by atoms with Gasteiger partial charge in [-0.2, -0.15) is 4.31 Å². The Hall–Kier alpha value is -0.620. The van der Waals surface area contributed by atoms with Crippen LogP contribution in [0, 0.1) is 0 Å². The van der Waals surface area contributed by atoms with Crippen LogP contribution in [-0.4, -0.2) is 41.1 Å². The normalized spacial score (nSPS) is 21.2. The summed E-state index contributed by atoms with van der Waals surface area (Å²) in [4.78, 5) is 10.4. The maximum absolute atomic E-state index is 12.5. The second-order valence-electron chi connectivity index (χ2n) is 6.52. The molecule has 0 aromatic rings. The molecule has 1 N–H and O–H groups in total. The first-order valence-corrected chi connectivity index (χ1v) is 8.83. The van der Waals surface area contributed by atoms with Crippen molar-refractivity contribution < 1.29 is 18.3 Å². The summed E-state index contributed by atoms with van der Waals surface area (Å²) in [5.74, 6) is -0.761. The third-order valence-corrected chi connectivity index (χ3v) is 6.48. The molecular weight excluding hydrogens is 278 g/mol. The third kappa shape index (κ3) is 4.45. The van der Waals surface area contributed by atoms with E-state index in [0.29, 0.717) is 13.0 Å². The fourth-order valence-electron chi connectivity index (χ4n) is 2.60. The summed E-state index contributed by atoms with van der Waals surface area (Å²) < 4.78 is 25.9. The quantitative estimate of drug-likeness (QED) is 0.734. The van der Waals surface area contributed by atoms with E-state index in [1.807, 2.05) is 0 Å². The molecule has 1 heterocycles. The molecule has 1 rings (SSSR count). The summed E-state index contributed by atoms with van der Waals surface area (Å²) in [6.45, 7) is 5.85. The average Bonchev–Trinajstić information content (AvgIpc) is 2.75. The molecule has 6 heteroatoms. The number of nitrogens with zero attached hydrogens (tertiary/aromatic N) is 1. The van der Waals surface area contributed by atoms with Gasteiger partial charge in [-0.05, 0) is 46.5 Å². The monoisotopic (exact) mass is 305 g/mol. The zero-order valence-corrected chi connectivity index (χ0v) is 13.6. The smallest absolute Gasteiger partial charge is 0.303 e. The van der Waals surface area contributed by atoms with E-state index >= 15 is 0 Å². The van der Waals surface area contributed by atoms with Gasteiger partial charge < -0.3 is 5.11 Å². The van der Waals surface area contributed by atoms with Crippen LogP contribution in [0.2, 0.25) is 0 Å². The highest BCUT2D eigenvalue weighted by Gasteiger charge is 2.40. The molecule has 0 bridgehead atoms. The molecule has 1 atom stereocenters. The SMILES string of the molecule is CC(C)(C)S(=O)(=O)N1CCCC1CCCCCC(=O)O. The topological polar surface area (TPSA) is 74.7 Å². The van der Waals surface area contributed by atoms with E-state index in [0.717, 1.165) is 32.1 Å². The Morgan fingerprint density at radius 2 is 1.90 bits per heavy atom. The van der Waals surface area contributed by atoms with Gasteiger partial charge in [-0.25, -0.2) is 8.42 Å². The van der Waals surface area contributed by atoms with Gasteiger partial charge in [0, 0.05) is 19.0 Å². The van der Waals surface area contributed by atoms with Crippen LogP contribution in [0.4, 0.5) is 0 Å². The van der Waals surface area contributed by atoms with Crippen molar-refractivity contribution in [3.05, 3.63) is 0 Å². The van der Waals surface area contributed by atoms with E-state index in [1.165, 1.54) is 0 Å². The molecule has 0 saturated carbocycles. The summed E-state index contributed by atoms with van der Waals surface area (Å²) in [7, 11) is -3.24. The number of hydrogen-bond donors (Lipinski definition) is 1. The first kappa shape index (κ1) is 17.4. The van der Waals surface area contributed by atoms with Crippen molar-refractivity contribution >= 4 is 16.0 Å². The van der Waals surface area contributed by atoms with Crippen LogP contribution in [0.15, 0.2) is 0 Å². The molecule has 0 aromatic carbocycles. The van der Waals surface area contributed by atoms with Crippen LogP contribution >= 0.6 is 0 Å². The van der Waals surface area contributed by atoms with Crippen LogP contribution in [0.5, 0.6) is 0 Å². The molecule has 20 heavy (non-hydrogen) atoms. The lowest BCUT2D eigenvalue weighted by molar-refractivity contribution is -0.137. The number of carboxylic acids is 1. The molecular formula is C14H27NO4S. The van der Waals surface area contributed by atoms with Crippen molar-refractivity contribution in [2.45, 2.75) is 76.5 Å². The molecule has 0 aromatic heterocycles. The van der Waals surface area contributed by atoms with Crippen molar-refractivity contribution in [2.24, 2.45) is 0 Å². The van der Waals surface area contributed by atoms with E-state index in [1.54, 1.807) is 25.1 Å². The Labute approximate surface area is 122 Å². The molecule has 1 aliphatic rings. The lowest BCUT2D eigenvalue weighted by atomic mass is 10.1. The molecule has 0 radical (unpaired) electrons. The van der Waals surface area contributed by atoms with Crippen LogP contribution < -0.4 is 0 Å². The number of unbranched alkanes of at least 4 members (excludes halogenated alkanes) is 2. The van der Waals surface area contributed by atoms with Crippen LogP contribution in [0.25, 0.3) is 0 Å².